The van der Waals surface area contributed by atoms with Crippen molar-refractivity contribution in [2.24, 2.45) is 4.99 Å². The summed E-state index contributed by atoms with van der Waals surface area (Å²) in [4.78, 5) is 24.1. The van der Waals surface area contributed by atoms with Gasteiger partial charge in [-0.1, -0.05) is 36.3 Å². The molecule has 0 aliphatic carbocycles. The van der Waals surface area contributed by atoms with Gasteiger partial charge < -0.3 is 15.4 Å². The van der Waals surface area contributed by atoms with E-state index in [9.17, 15) is 9.90 Å². The van der Waals surface area contributed by atoms with E-state index in [0.717, 1.165) is 22.9 Å². The third kappa shape index (κ3) is 6.03. The molecule has 0 aliphatic rings. The van der Waals surface area contributed by atoms with Crippen LogP contribution in [-0.4, -0.2) is 45.5 Å². The van der Waals surface area contributed by atoms with Crippen LogP contribution in [0.3, 0.4) is 0 Å². The van der Waals surface area contributed by atoms with E-state index in [4.69, 9.17) is 6.42 Å². The Bertz CT molecular complexity index is 895. The smallest absolute Gasteiger partial charge is 0.167 e. The minimum Gasteiger partial charge on any atom is -0.506 e. The largest absolute Gasteiger partial charge is 0.506 e. The maximum absolute atomic E-state index is 12.2. The zero-order chi connectivity index (χ0) is 20.4. The predicted molar refractivity (Wildman–Crippen MR) is 115 cm³/mol. The van der Waals surface area contributed by atoms with Gasteiger partial charge in [-0.15, -0.1) is 6.42 Å². The second-order valence-electron chi connectivity index (χ2n) is 5.96. The van der Waals surface area contributed by atoms with Gasteiger partial charge >= 0.3 is 0 Å². The number of rotatable bonds is 9. The molecule has 0 fully saturated rings. The topological polar surface area (TPSA) is 90.4 Å². The van der Waals surface area contributed by atoms with Crippen molar-refractivity contribution in [3.8, 4) is 12.3 Å². The Balaban J connectivity index is 2.14. The number of aromatic nitrogens is 2. The number of Topliss-reactive ketones (excluding diaryl/α,β-unsaturated/α-hetero) is 1. The van der Waals surface area contributed by atoms with Crippen LogP contribution in [-0.2, 0) is 10.5 Å². The Kier molecular flexibility index (Phi) is 8.37. The number of ketones is 1. The highest BCUT2D eigenvalue weighted by Crippen LogP contribution is 2.18. The van der Waals surface area contributed by atoms with Crippen molar-refractivity contribution in [2.45, 2.75) is 19.6 Å². The molecular weight excluding hydrogens is 372 g/mol. The number of aliphatic hydroxyl groups excluding tert-OH is 1. The summed E-state index contributed by atoms with van der Waals surface area (Å²) in [6, 6.07) is 8.90. The number of H-pyrrole nitrogens is 1. The van der Waals surface area contributed by atoms with Gasteiger partial charge in [0, 0.05) is 22.8 Å². The Morgan fingerprint density at radius 1 is 1.39 bits per heavy atom. The molecule has 0 atom stereocenters. The lowest BCUT2D eigenvalue weighted by atomic mass is 10.0. The number of aryl methyl sites for hydroxylation is 1. The first-order valence-corrected chi connectivity index (χ1v) is 9.98. The van der Waals surface area contributed by atoms with Gasteiger partial charge in [0.15, 0.2) is 5.78 Å². The van der Waals surface area contributed by atoms with Crippen LogP contribution in [0.25, 0.3) is 5.76 Å². The average molecular weight is 397 g/mol. The molecule has 0 saturated heterocycles. The van der Waals surface area contributed by atoms with E-state index in [1.54, 1.807) is 42.4 Å². The van der Waals surface area contributed by atoms with Gasteiger partial charge in [-0.05, 0) is 13.8 Å². The second kappa shape index (κ2) is 11.0. The fourth-order valence-corrected chi connectivity index (χ4v) is 3.32. The number of terminal acetylenes is 1. The molecule has 28 heavy (non-hydrogen) atoms. The second-order valence-corrected chi connectivity index (χ2v) is 7.07. The van der Waals surface area contributed by atoms with Crippen molar-refractivity contribution in [1.29, 1.82) is 0 Å². The summed E-state index contributed by atoms with van der Waals surface area (Å²) in [6.07, 6.45) is 7.02. The van der Waals surface area contributed by atoms with E-state index in [2.05, 4.69) is 26.2 Å². The molecule has 0 amide bonds. The van der Waals surface area contributed by atoms with E-state index in [1.165, 1.54) is 6.92 Å². The number of carbonyl (C=O) groups excluding carboxylic acids is 1. The molecule has 0 spiro atoms. The van der Waals surface area contributed by atoms with Crippen molar-refractivity contribution < 1.29 is 9.90 Å². The summed E-state index contributed by atoms with van der Waals surface area (Å²) in [6.45, 7) is 4.06. The molecule has 1 aromatic carbocycles. The number of nitrogens with zero attached hydrogens (tertiary/aromatic N) is 2. The summed E-state index contributed by atoms with van der Waals surface area (Å²) in [5, 5.41) is 13.6. The summed E-state index contributed by atoms with van der Waals surface area (Å²) in [5.41, 5.74) is 2.76. The quantitative estimate of drug-likeness (QED) is 0.151. The molecule has 3 N–H and O–H groups in total. The van der Waals surface area contributed by atoms with Gasteiger partial charge in [-0.2, -0.15) is 11.8 Å². The molecule has 1 aromatic heterocycles. The molecule has 0 radical (unpaired) electrons. The fourth-order valence-electron chi connectivity index (χ4n) is 2.47. The summed E-state index contributed by atoms with van der Waals surface area (Å²) < 4.78 is 0. The first-order chi connectivity index (χ1) is 13.5. The minimum absolute atomic E-state index is 0.115. The van der Waals surface area contributed by atoms with Gasteiger partial charge in [0.25, 0.3) is 0 Å². The van der Waals surface area contributed by atoms with E-state index in [0.29, 0.717) is 17.9 Å². The summed E-state index contributed by atoms with van der Waals surface area (Å²) in [7, 11) is 0. The Labute approximate surface area is 169 Å². The standard InChI is InChI=1S/C21H24N4O2S/c1-4-10-22-21(23-11-12-28-13-18-15(2)24-14-25-18)19(16(3)26)20(27)17-8-6-5-7-9-17/h1,5-9,14,27H,10-13H2,2-3H3,(H,22,23)(H,24,25). The number of thioether (sulfide) groups is 1. The predicted octanol–water partition coefficient (Wildman–Crippen LogP) is 3.13. The molecule has 2 aromatic rings. The molecule has 0 aliphatic heterocycles. The van der Waals surface area contributed by atoms with Crippen LogP contribution in [0.5, 0.6) is 0 Å². The third-order valence-electron chi connectivity index (χ3n) is 3.91. The van der Waals surface area contributed by atoms with Crippen molar-refractivity contribution in [2.75, 3.05) is 18.8 Å². The number of hydrogen-bond donors (Lipinski definition) is 3. The van der Waals surface area contributed by atoms with Gasteiger partial charge in [0.1, 0.15) is 17.2 Å². The average Bonchev–Trinajstić information content (AvgIpc) is 3.10. The third-order valence-corrected chi connectivity index (χ3v) is 4.86. The van der Waals surface area contributed by atoms with Gasteiger partial charge in [0.05, 0.1) is 25.1 Å². The summed E-state index contributed by atoms with van der Waals surface area (Å²) >= 11 is 1.69. The normalized spacial score (nSPS) is 12.2. The SMILES string of the molecule is C#CCNC(=NCCSCc1nc[nH]c1C)C(C(C)=O)=C(O)c1ccccc1. The van der Waals surface area contributed by atoms with Crippen molar-refractivity contribution >= 4 is 29.1 Å². The van der Waals surface area contributed by atoms with E-state index >= 15 is 0 Å². The zero-order valence-electron chi connectivity index (χ0n) is 16.0. The maximum atomic E-state index is 12.2. The van der Waals surface area contributed by atoms with Crippen LogP contribution in [0, 0.1) is 19.3 Å². The molecule has 0 saturated carbocycles. The van der Waals surface area contributed by atoms with Crippen molar-refractivity contribution in [3.05, 3.63) is 59.2 Å². The van der Waals surface area contributed by atoms with Crippen LogP contribution in [0.15, 0.2) is 47.2 Å². The highest BCUT2D eigenvalue weighted by atomic mass is 32.2. The molecule has 2 rings (SSSR count). The van der Waals surface area contributed by atoms with Gasteiger partial charge in [-0.3, -0.25) is 9.79 Å². The number of aliphatic hydroxyl groups is 1. The van der Waals surface area contributed by atoms with E-state index in [-0.39, 0.29) is 23.7 Å². The van der Waals surface area contributed by atoms with E-state index < -0.39 is 0 Å². The van der Waals surface area contributed by atoms with Crippen LogP contribution in [0.2, 0.25) is 0 Å². The fraction of sp³-hybridized carbons (Fsp3) is 0.286. The minimum atomic E-state index is -0.288. The van der Waals surface area contributed by atoms with Crippen LogP contribution in [0.1, 0.15) is 23.9 Å². The molecule has 0 unspecified atom stereocenters. The van der Waals surface area contributed by atoms with Gasteiger partial charge in [-0.25, -0.2) is 4.98 Å². The number of nitrogens with one attached hydrogen (secondary N) is 2. The molecular formula is C21H24N4O2S. The van der Waals surface area contributed by atoms with E-state index in [1.807, 2.05) is 13.0 Å². The number of carbonyl (C=O) groups is 1. The van der Waals surface area contributed by atoms with Crippen LogP contribution >= 0.6 is 11.8 Å². The number of benzene rings is 1. The molecule has 6 nitrogen and oxygen atoms in total. The maximum Gasteiger partial charge on any atom is 0.167 e. The van der Waals surface area contributed by atoms with Crippen molar-refractivity contribution in [1.82, 2.24) is 15.3 Å². The number of aliphatic imine (C=N–C) groups is 1. The molecule has 7 heteroatoms. The van der Waals surface area contributed by atoms with Gasteiger partial charge in [0.2, 0.25) is 0 Å². The molecule has 0 bridgehead atoms. The number of imidazole rings is 1. The highest BCUT2D eigenvalue weighted by Gasteiger charge is 2.19. The number of amidine groups is 1. The summed E-state index contributed by atoms with van der Waals surface area (Å²) in [5.74, 6) is 3.90. The first-order valence-electron chi connectivity index (χ1n) is 8.83. The number of aromatic amines is 1. The lowest BCUT2D eigenvalue weighted by Gasteiger charge is -2.13. The Morgan fingerprint density at radius 2 is 2.14 bits per heavy atom. The lowest BCUT2D eigenvalue weighted by molar-refractivity contribution is -0.113. The molecule has 146 valence electrons. The Morgan fingerprint density at radius 3 is 2.75 bits per heavy atom. The van der Waals surface area contributed by atoms with Crippen LogP contribution < -0.4 is 5.32 Å². The molecule has 1 heterocycles. The zero-order valence-corrected chi connectivity index (χ0v) is 16.8. The monoisotopic (exact) mass is 396 g/mol. The lowest BCUT2D eigenvalue weighted by Crippen LogP contribution is -2.30. The highest BCUT2D eigenvalue weighted by molar-refractivity contribution is 7.98. The first kappa shape index (κ1) is 21.3. The van der Waals surface area contributed by atoms with Crippen LogP contribution in [0.4, 0.5) is 0 Å². The number of hydrogen-bond acceptors (Lipinski definition) is 5. The van der Waals surface area contributed by atoms with Crippen molar-refractivity contribution in [3.63, 3.8) is 0 Å². The Hall–Kier alpha value is -2.98.